The molecule has 0 radical (unpaired) electrons. The van der Waals surface area contributed by atoms with Gasteiger partial charge in [-0.1, -0.05) is 0 Å². The van der Waals surface area contributed by atoms with E-state index in [2.05, 4.69) is 25.4 Å². The smallest absolute Gasteiger partial charge is 0.410 e. The van der Waals surface area contributed by atoms with Gasteiger partial charge in [-0.25, -0.2) is 28.0 Å². The molecular formula is C34H43N7O6S. The summed E-state index contributed by atoms with van der Waals surface area (Å²) in [7, 11) is -3.30. The van der Waals surface area contributed by atoms with Crippen molar-refractivity contribution in [1.82, 2.24) is 14.9 Å². The zero-order valence-electron chi connectivity index (χ0n) is 27.8. The molecule has 3 aliphatic heterocycles. The molecular weight excluding hydrogens is 634 g/mol. The van der Waals surface area contributed by atoms with Gasteiger partial charge in [-0.2, -0.15) is 0 Å². The van der Waals surface area contributed by atoms with Crippen LogP contribution in [0, 0.1) is 0 Å². The van der Waals surface area contributed by atoms with E-state index in [1.807, 2.05) is 45.0 Å². The van der Waals surface area contributed by atoms with Gasteiger partial charge in [-0.05, 0) is 82.1 Å². The number of sulfone groups is 1. The average molecular weight is 678 g/mol. The standard InChI is InChI=1S/C34H43N7O6S/c1-34(2,3)47-33(43)40-17-15-39(16-18-40)27-11-9-25(10-12-27)37-32(42)36-24-7-5-23(6-8-24)31-35-26(22-48(4,44)45)19-30(38-31)41-20-28-13-14-29(21-41)46-28/h5-12,19,28-29H,13-18,20-22H2,1-4H3,(H2,36,37,42). The van der Waals surface area contributed by atoms with E-state index in [1.54, 1.807) is 35.2 Å². The van der Waals surface area contributed by atoms with Crippen molar-refractivity contribution in [2.45, 2.75) is 57.2 Å². The fourth-order valence-electron chi connectivity index (χ4n) is 6.14. The number of morpholine rings is 1. The van der Waals surface area contributed by atoms with Crippen LogP contribution < -0.4 is 20.4 Å². The zero-order valence-corrected chi connectivity index (χ0v) is 28.6. The summed E-state index contributed by atoms with van der Waals surface area (Å²) in [6, 6.07) is 16.1. The van der Waals surface area contributed by atoms with Crippen molar-refractivity contribution in [3.63, 3.8) is 0 Å². The number of anilines is 4. The second-order valence-electron chi connectivity index (χ2n) is 13.6. The van der Waals surface area contributed by atoms with Gasteiger partial charge in [0.1, 0.15) is 11.4 Å². The van der Waals surface area contributed by atoms with Gasteiger partial charge >= 0.3 is 12.1 Å². The molecule has 3 aliphatic rings. The number of hydrogen-bond acceptors (Lipinski definition) is 10. The summed E-state index contributed by atoms with van der Waals surface area (Å²) in [6.07, 6.45) is 3.24. The maximum absolute atomic E-state index is 12.8. The molecule has 256 valence electrons. The number of hydrogen-bond donors (Lipinski definition) is 2. The normalized spacial score (nSPS) is 19.6. The number of piperazine rings is 1. The maximum atomic E-state index is 12.8. The number of fused-ring (bicyclic) bond motifs is 2. The molecule has 3 aromatic rings. The van der Waals surface area contributed by atoms with Crippen LogP contribution >= 0.6 is 0 Å². The van der Waals surface area contributed by atoms with Crippen molar-refractivity contribution >= 4 is 44.8 Å². The number of aromatic nitrogens is 2. The third kappa shape index (κ3) is 8.72. The first kappa shape index (κ1) is 33.5. The fourth-order valence-corrected chi connectivity index (χ4v) is 6.83. The first-order valence-corrected chi connectivity index (χ1v) is 18.3. The molecule has 1 aromatic heterocycles. The highest BCUT2D eigenvalue weighted by molar-refractivity contribution is 7.89. The minimum absolute atomic E-state index is 0.156. The Morgan fingerprint density at radius 3 is 2.02 bits per heavy atom. The van der Waals surface area contributed by atoms with Crippen molar-refractivity contribution in [3.05, 3.63) is 60.3 Å². The quantitative estimate of drug-likeness (QED) is 0.359. The largest absolute Gasteiger partial charge is 0.444 e. The van der Waals surface area contributed by atoms with Gasteiger partial charge < -0.3 is 34.8 Å². The van der Waals surface area contributed by atoms with Crippen molar-refractivity contribution in [1.29, 1.82) is 0 Å². The number of nitrogens with zero attached hydrogens (tertiary/aromatic N) is 5. The highest BCUT2D eigenvalue weighted by Crippen LogP contribution is 2.31. The number of rotatable bonds is 7. The summed E-state index contributed by atoms with van der Waals surface area (Å²) in [5.74, 6) is 0.931. The number of carbonyl (C=O) groups excluding carboxylic acids is 2. The Hall–Kier alpha value is -4.43. The van der Waals surface area contributed by atoms with Gasteiger partial charge in [0.25, 0.3) is 0 Å². The van der Waals surface area contributed by atoms with Crippen molar-refractivity contribution in [2.24, 2.45) is 0 Å². The summed E-state index contributed by atoms with van der Waals surface area (Å²) < 4.78 is 35.7. The van der Waals surface area contributed by atoms with E-state index in [9.17, 15) is 18.0 Å². The highest BCUT2D eigenvalue weighted by Gasteiger charge is 2.34. The topological polar surface area (TPSA) is 146 Å². The molecule has 2 aromatic carbocycles. The Morgan fingerprint density at radius 1 is 0.875 bits per heavy atom. The fraction of sp³-hybridized carbons (Fsp3) is 0.471. The van der Waals surface area contributed by atoms with Crippen molar-refractivity contribution in [2.75, 3.05) is 66.0 Å². The van der Waals surface area contributed by atoms with Crippen LogP contribution in [0.3, 0.4) is 0 Å². The number of carbonyl (C=O) groups is 2. The molecule has 3 fully saturated rings. The molecule has 14 heteroatoms. The predicted molar refractivity (Wildman–Crippen MR) is 185 cm³/mol. The number of ether oxygens (including phenoxy) is 2. The molecule has 3 amide bonds. The lowest BCUT2D eigenvalue weighted by Crippen LogP contribution is -2.50. The minimum atomic E-state index is -3.30. The molecule has 0 aliphatic carbocycles. The molecule has 2 bridgehead atoms. The molecule has 2 N–H and O–H groups in total. The van der Waals surface area contributed by atoms with E-state index < -0.39 is 21.5 Å². The number of benzene rings is 2. The molecule has 48 heavy (non-hydrogen) atoms. The number of nitrogens with one attached hydrogen (secondary N) is 2. The predicted octanol–water partition coefficient (Wildman–Crippen LogP) is 4.76. The molecule has 2 unspecified atom stereocenters. The SMILES string of the molecule is CC(C)(C)OC(=O)N1CCN(c2ccc(NC(=O)Nc3ccc(-c4nc(CS(C)(=O)=O)cc(N5CC6CCC(C5)O6)n4)cc3)cc2)CC1. The van der Waals surface area contributed by atoms with E-state index in [4.69, 9.17) is 14.5 Å². The van der Waals surface area contributed by atoms with Gasteiger partial charge in [0.05, 0.1) is 23.7 Å². The zero-order chi connectivity index (χ0) is 34.1. The van der Waals surface area contributed by atoms with Crippen LogP contribution in [-0.2, 0) is 25.1 Å². The Kier molecular flexibility index (Phi) is 9.48. The van der Waals surface area contributed by atoms with Gasteiger partial charge in [0, 0.05) is 74.2 Å². The summed E-state index contributed by atoms with van der Waals surface area (Å²) >= 11 is 0. The molecule has 6 rings (SSSR count). The highest BCUT2D eigenvalue weighted by atomic mass is 32.2. The summed E-state index contributed by atoms with van der Waals surface area (Å²) in [6.45, 7) is 9.51. The van der Waals surface area contributed by atoms with Crippen LogP contribution in [-0.4, -0.2) is 98.7 Å². The van der Waals surface area contributed by atoms with Gasteiger partial charge in [0.15, 0.2) is 15.7 Å². The third-order valence-electron chi connectivity index (χ3n) is 8.37. The van der Waals surface area contributed by atoms with Gasteiger partial charge in [-0.15, -0.1) is 0 Å². The third-order valence-corrected chi connectivity index (χ3v) is 9.19. The Bertz CT molecular complexity index is 1720. The molecule has 13 nitrogen and oxygen atoms in total. The number of urea groups is 1. The van der Waals surface area contributed by atoms with Crippen LogP contribution in [0.5, 0.6) is 0 Å². The van der Waals surface area contributed by atoms with Gasteiger partial charge in [-0.3, -0.25) is 0 Å². The summed E-state index contributed by atoms with van der Waals surface area (Å²) in [5.41, 5.74) is 2.84. The Labute approximate surface area is 281 Å². The summed E-state index contributed by atoms with van der Waals surface area (Å²) in [4.78, 5) is 40.6. The van der Waals surface area contributed by atoms with Crippen LogP contribution in [0.4, 0.5) is 32.5 Å². The lowest BCUT2D eigenvalue weighted by Gasteiger charge is -2.36. The van der Waals surface area contributed by atoms with E-state index >= 15 is 0 Å². The molecule has 2 atom stereocenters. The maximum Gasteiger partial charge on any atom is 0.410 e. The van der Waals surface area contributed by atoms with Gasteiger partial charge in [0.2, 0.25) is 0 Å². The van der Waals surface area contributed by atoms with Crippen LogP contribution in [0.25, 0.3) is 11.4 Å². The van der Waals surface area contributed by atoms with Crippen LogP contribution in [0.2, 0.25) is 0 Å². The molecule has 0 saturated carbocycles. The lowest BCUT2D eigenvalue weighted by atomic mass is 10.2. The Balaban J connectivity index is 1.05. The van der Waals surface area contributed by atoms with E-state index in [0.717, 1.165) is 18.5 Å². The van der Waals surface area contributed by atoms with E-state index in [1.165, 1.54) is 6.26 Å². The first-order valence-electron chi connectivity index (χ1n) is 16.2. The summed E-state index contributed by atoms with van der Waals surface area (Å²) in [5, 5.41) is 5.71. The average Bonchev–Trinajstić information content (AvgIpc) is 3.36. The Morgan fingerprint density at radius 2 is 1.46 bits per heavy atom. The van der Waals surface area contributed by atoms with Crippen molar-refractivity contribution in [3.8, 4) is 11.4 Å². The molecule has 4 heterocycles. The second-order valence-corrected chi connectivity index (χ2v) is 15.8. The minimum Gasteiger partial charge on any atom is -0.444 e. The number of amides is 3. The lowest BCUT2D eigenvalue weighted by molar-refractivity contribution is 0.0240. The second kappa shape index (κ2) is 13.6. The van der Waals surface area contributed by atoms with E-state index in [-0.39, 0.29) is 24.1 Å². The van der Waals surface area contributed by atoms with E-state index in [0.29, 0.717) is 73.5 Å². The van der Waals surface area contributed by atoms with Crippen LogP contribution in [0.15, 0.2) is 54.6 Å². The van der Waals surface area contributed by atoms with Crippen LogP contribution in [0.1, 0.15) is 39.3 Å². The first-order chi connectivity index (χ1) is 22.8. The van der Waals surface area contributed by atoms with Crippen molar-refractivity contribution < 1.29 is 27.5 Å². The molecule has 0 spiro atoms. The monoisotopic (exact) mass is 677 g/mol. The molecule has 3 saturated heterocycles.